The fraction of sp³-hybridized carbons (Fsp3) is 0.273. The molecule has 0 radical (unpaired) electrons. The van der Waals surface area contributed by atoms with Gasteiger partial charge in [-0.15, -0.1) is 0 Å². The molecule has 0 aliphatic carbocycles. The van der Waals surface area contributed by atoms with Crippen LogP contribution in [0.4, 0.5) is 0 Å². The van der Waals surface area contributed by atoms with Crippen LogP contribution in [0.1, 0.15) is 5.56 Å². The zero-order valence-electron chi connectivity index (χ0n) is 8.59. The smallest absolute Gasteiger partial charge is 0.264 e. The van der Waals surface area contributed by atoms with Crippen LogP contribution in [0.3, 0.4) is 0 Å². The van der Waals surface area contributed by atoms with Gasteiger partial charge in [-0.2, -0.15) is 0 Å². The molecule has 0 heterocycles. The summed E-state index contributed by atoms with van der Waals surface area (Å²) in [5, 5.41) is 0. The summed E-state index contributed by atoms with van der Waals surface area (Å²) < 4.78 is 4.76. The first-order valence-corrected chi connectivity index (χ1v) is 4.61. The molecule has 0 aliphatic heterocycles. The molecule has 4 nitrogen and oxygen atoms in total. The normalized spacial score (nSPS) is 12.9. The first-order chi connectivity index (χ1) is 7.24. The monoisotopic (exact) mass is 206 g/mol. The van der Waals surface area contributed by atoms with Crippen LogP contribution in [-0.2, 0) is 9.53 Å². The number of nitrogens with two attached hydrogens (primary N) is 1. The summed E-state index contributed by atoms with van der Waals surface area (Å²) in [5.41, 5.74) is 6.37. The lowest BCUT2D eigenvalue weighted by Crippen LogP contribution is -2.33. The minimum absolute atomic E-state index is 0.185. The maximum absolute atomic E-state index is 11.3. The number of hydrogen-bond acceptors (Lipinski definition) is 3. The molecule has 0 spiro atoms. The molecule has 0 fully saturated rings. The number of nitrogens with zero attached hydrogens (tertiary/aromatic N) is 1. The van der Waals surface area contributed by atoms with E-state index in [1.54, 1.807) is 0 Å². The second-order valence-electron chi connectivity index (χ2n) is 3.07. The summed E-state index contributed by atoms with van der Waals surface area (Å²) in [7, 11) is 1.49. The number of benzene rings is 1. The van der Waals surface area contributed by atoms with E-state index in [0.717, 1.165) is 5.56 Å². The van der Waals surface area contributed by atoms with Gasteiger partial charge in [0.15, 0.2) is 0 Å². The van der Waals surface area contributed by atoms with Gasteiger partial charge in [0, 0.05) is 13.3 Å². The van der Waals surface area contributed by atoms with E-state index < -0.39 is 6.04 Å². The highest BCUT2D eigenvalue weighted by molar-refractivity contribution is 5.94. The molecule has 1 aromatic carbocycles. The van der Waals surface area contributed by atoms with Crippen LogP contribution in [0.15, 0.2) is 35.3 Å². The average molecular weight is 206 g/mol. The molecule has 0 aliphatic rings. The van der Waals surface area contributed by atoms with Crippen molar-refractivity contribution in [2.75, 3.05) is 13.7 Å². The quantitative estimate of drug-likeness (QED) is 0.734. The topological polar surface area (TPSA) is 64.7 Å². The van der Waals surface area contributed by atoms with Crippen molar-refractivity contribution >= 4 is 12.1 Å². The van der Waals surface area contributed by atoms with Crippen LogP contribution in [0, 0.1) is 0 Å². The van der Waals surface area contributed by atoms with E-state index in [2.05, 4.69) is 4.99 Å². The molecule has 1 atom stereocenters. The van der Waals surface area contributed by atoms with Crippen molar-refractivity contribution in [2.45, 2.75) is 6.04 Å². The summed E-state index contributed by atoms with van der Waals surface area (Å²) in [5.74, 6) is -0.374. The first-order valence-electron chi connectivity index (χ1n) is 4.61. The van der Waals surface area contributed by atoms with Crippen molar-refractivity contribution < 1.29 is 9.53 Å². The molecule has 15 heavy (non-hydrogen) atoms. The number of hydrogen-bond donors (Lipinski definition) is 1. The van der Waals surface area contributed by atoms with E-state index in [-0.39, 0.29) is 12.5 Å². The maximum atomic E-state index is 11.3. The van der Waals surface area contributed by atoms with Gasteiger partial charge in [0.2, 0.25) is 0 Å². The van der Waals surface area contributed by atoms with E-state index in [9.17, 15) is 4.79 Å². The molecule has 1 rings (SSSR count). The molecule has 4 heteroatoms. The zero-order chi connectivity index (χ0) is 11.1. The lowest BCUT2D eigenvalue weighted by Gasteiger charge is -2.04. The molecule has 1 unspecified atom stereocenters. The van der Waals surface area contributed by atoms with Crippen LogP contribution >= 0.6 is 0 Å². The maximum Gasteiger partial charge on any atom is 0.264 e. The van der Waals surface area contributed by atoms with Gasteiger partial charge in [-0.25, -0.2) is 4.99 Å². The van der Waals surface area contributed by atoms with Crippen LogP contribution < -0.4 is 5.73 Å². The molecule has 0 bridgehead atoms. The fourth-order valence-corrected chi connectivity index (χ4v) is 1.02. The fourth-order valence-electron chi connectivity index (χ4n) is 1.02. The molecule has 0 aromatic heterocycles. The lowest BCUT2D eigenvalue weighted by molar-refractivity contribution is -0.120. The van der Waals surface area contributed by atoms with Crippen molar-refractivity contribution in [3.63, 3.8) is 0 Å². The molecule has 80 valence electrons. The number of carbonyl (C=O) groups excluding carboxylic acids is 1. The van der Waals surface area contributed by atoms with Crippen molar-refractivity contribution in [3.05, 3.63) is 35.9 Å². The van der Waals surface area contributed by atoms with Gasteiger partial charge < -0.3 is 10.5 Å². The molecule has 0 saturated heterocycles. The van der Waals surface area contributed by atoms with Gasteiger partial charge in [0.05, 0.1) is 6.61 Å². The molecular formula is C11H14N2O2. The Balaban J connectivity index is 2.55. The summed E-state index contributed by atoms with van der Waals surface area (Å²) in [6, 6.07) is 8.68. The Morgan fingerprint density at radius 2 is 2.20 bits per heavy atom. The number of ether oxygens (including phenoxy) is 1. The van der Waals surface area contributed by atoms with Gasteiger partial charge in [-0.3, -0.25) is 4.79 Å². The Kier molecular flexibility index (Phi) is 4.66. The summed E-state index contributed by atoms with van der Waals surface area (Å²) in [6.45, 7) is 0.185. The van der Waals surface area contributed by atoms with Gasteiger partial charge >= 0.3 is 0 Å². The minimum Gasteiger partial charge on any atom is -0.383 e. The Hall–Kier alpha value is -1.52. The molecule has 2 N–H and O–H groups in total. The molecule has 1 amide bonds. The van der Waals surface area contributed by atoms with Crippen LogP contribution in [0.2, 0.25) is 0 Å². The number of amides is 1. The third kappa shape index (κ3) is 4.01. The van der Waals surface area contributed by atoms with Crippen LogP contribution in [0.5, 0.6) is 0 Å². The van der Waals surface area contributed by atoms with Crippen LogP contribution in [-0.4, -0.2) is 31.9 Å². The molecular weight excluding hydrogens is 192 g/mol. The van der Waals surface area contributed by atoms with Gasteiger partial charge in [-0.1, -0.05) is 30.3 Å². The van der Waals surface area contributed by atoms with E-state index in [4.69, 9.17) is 10.5 Å². The average Bonchev–Trinajstić information content (AvgIpc) is 2.27. The highest BCUT2D eigenvalue weighted by atomic mass is 16.5. The van der Waals surface area contributed by atoms with E-state index >= 15 is 0 Å². The Morgan fingerprint density at radius 1 is 1.53 bits per heavy atom. The van der Waals surface area contributed by atoms with E-state index in [1.165, 1.54) is 13.3 Å². The molecule has 1 aromatic rings. The number of rotatable bonds is 4. The SMILES string of the molecule is COCC(N)C(=O)N=Cc1ccccc1. The number of methoxy groups -OCH3 is 1. The van der Waals surface area contributed by atoms with Gasteiger partial charge in [0.1, 0.15) is 6.04 Å². The highest BCUT2D eigenvalue weighted by Crippen LogP contribution is 1.94. The molecule has 0 saturated carbocycles. The van der Waals surface area contributed by atoms with Crippen LogP contribution in [0.25, 0.3) is 0 Å². The van der Waals surface area contributed by atoms with E-state index in [0.29, 0.717) is 0 Å². The second kappa shape index (κ2) is 6.06. The third-order valence-electron chi connectivity index (χ3n) is 1.80. The predicted molar refractivity (Wildman–Crippen MR) is 58.9 cm³/mol. The van der Waals surface area contributed by atoms with Crippen molar-refractivity contribution in [2.24, 2.45) is 10.7 Å². The second-order valence-corrected chi connectivity index (χ2v) is 3.07. The Labute approximate surface area is 88.8 Å². The van der Waals surface area contributed by atoms with Crippen molar-refractivity contribution in [3.8, 4) is 0 Å². The minimum atomic E-state index is -0.685. The van der Waals surface area contributed by atoms with Crippen molar-refractivity contribution in [1.82, 2.24) is 0 Å². The standard InChI is InChI=1S/C11H14N2O2/c1-15-8-10(12)11(14)13-7-9-5-3-2-4-6-9/h2-7,10H,8,12H2,1H3. The zero-order valence-corrected chi connectivity index (χ0v) is 8.59. The van der Waals surface area contributed by atoms with E-state index in [1.807, 2.05) is 30.3 Å². The lowest BCUT2D eigenvalue weighted by atomic mass is 10.2. The summed E-state index contributed by atoms with van der Waals surface area (Å²) in [6.07, 6.45) is 1.50. The number of carbonyl (C=O) groups is 1. The summed E-state index contributed by atoms with van der Waals surface area (Å²) in [4.78, 5) is 15.0. The Bertz CT molecular complexity index is 336. The van der Waals surface area contributed by atoms with Gasteiger partial charge in [-0.05, 0) is 5.56 Å². The largest absolute Gasteiger partial charge is 0.383 e. The highest BCUT2D eigenvalue weighted by Gasteiger charge is 2.10. The summed E-state index contributed by atoms with van der Waals surface area (Å²) >= 11 is 0. The predicted octanol–water partition coefficient (Wildman–Crippen LogP) is 0.606. The first kappa shape index (κ1) is 11.6. The van der Waals surface area contributed by atoms with Gasteiger partial charge in [0.25, 0.3) is 5.91 Å². The number of aliphatic imine (C=N–C) groups is 1. The Morgan fingerprint density at radius 3 is 2.80 bits per heavy atom. The van der Waals surface area contributed by atoms with Crippen molar-refractivity contribution in [1.29, 1.82) is 0 Å². The third-order valence-corrected chi connectivity index (χ3v) is 1.80.